The highest BCUT2D eigenvalue weighted by Crippen LogP contribution is 2.37. The maximum atomic E-state index is 6.01. The smallest absolute Gasteiger partial charge is 0.109 e. The number of ether oxygens (including phenoxy) is 1. The quantitative estimate of drug-likeness (QED) is 0.591. The molecular formula is C23H39ClNO+. The highest BCUT2D eigenvalue weighted by molar-refractivity contribution is 6.30. The Bertz CT molecular complexity index is 526. The van der Waals surface area contributed by atoms with Crippen molar-refractivity contribution in [2.75, 3.05) is 13.2 Å². The van der Waals surface area contributed by atoms with Gasteiger partial charge in [0.25, 0.3) is 0 Å². The molecule has 0 radical (unpaired) electrons. The molecule has 0 aliphatic carbocycles. The molecule has 148 valence electrons. The largest absolute Gasteiger partial charge is 0.376 e. The lowest BCUT2D eigenvalue weighted by atomic mass is 9.75. The van der Waals surface area contributed by atoms with E-state index < -0.39 is 0 Å². The van der Waals surface area contributed by atoms with Gasteiger partial charge in [-0.1, -0.05) is 44.0 Å². The van der Waals surface area contributed by atoms with Crippen LogP contribution in [0.25, 0.3) is 0 Å². The molecule has 3 heteroatoms. The molecule has 1 aromatic carbocycles. The third-order valence-corrected chi connectivity index (χ3v) is 6.22. The molecule has 0 aromatic heterocycles. The van der Waals surface area contributed by atoms with Gasteiger partial charge in [-0.3, -0.25) is 0 Å². The van der Waals surface area contributed by atoms with Crippen molar-refractivity contribution in [2.24, 2.45) is 17.8 Å². The lowest BCUT2D eigenvalue weighted by Crippen LogP contribution is -2.84. The second kappa shape index (κ2) is 10.1. The van der Waals surface area contributed by atoms with E-state index in [1.54, 1.807) is 0 Å². The van der Waals surface area contributed by atoms with Gasteiger partial charge in [-0.05, 0) is 76.3 Å². The van der Waals surface area contributed by atoms with Crippen LogP contribution in [-0.4, -0.2) is 18.8 Å². The summed E-state index contributed by atoms with van der Waals surface area (Å²) in [5.41, 5.74) is 1.42. The van der Waals surface area contributed by atoms with Gasteiger partial charge in [0.05, 0.1) is 12.1 Å². The van der Waals surface area contributed by atoms with Gasteiger partial charge in [0.1, 0.15) is 6.04 Å². The van der Waals surface area contributed by atoms with Gasteiger partial charge < -0.3 is 10.1 Å². The summed E-state index contributed by atoms with van der Waals surface area (Å²) in [7, 11) is 0. The fourth-order valence-corrected chi connectivity index (χ4v) is 4.43. The van der Waals surface area contributed by atoms with Crippen LogP contribution in [0.2, 0.25) is 5.02 Å². The zero-order valence-electron chi connectivity index (χ0n) is 17.4. The number of halogens is 1. The normalized spacial score (nSPS) is 22.3. The molecule has 1 aliphatic rings. The predicted octanol–water partition coefficient (Wildman–Crippen LogP) is 5.61. The molecule has 1 aromatic rings. The van der Waals surface area contributed by atoms with Crippen LogP contribution in [0, 0.1) is 17.8 Å². The Kier molecular flexibility index (Phi) is 8.44. The number of benzene rings is 1. The van der Waals surface area contributed by atoms with Crippen molar-refractivity contribution in [1.29, 1.82) is 0 Å². The molecule has 1 heterocycles. The minimum Gasteiger partial charge on any atom is -0.376 e. The zero-order chi connectivity index (χ0) is 19.2. The number of quaternary nitrogens is 1. The number of rotatable bonds is 9. The van der Waals surface area contributed by atoms with E-state index in [-0.39, 0.29) is 5.60 Å². The molecule has 0 spiro atoms. The van der Waals surface area contributed by atoms with Crippen molar-refractivity contribution >= 4 is 11.6 Å². The van der Waals surface area contributed by atoms with Gasteiger partial charge in [-0.25, -0.2) is 0 Å². The molecule has 0 unspecified atom stereocenters. The Morgan fingerprint density at radius 2 is 1.81 bits per heavy atom. The van der Waals surface area contributed by atoms with Crippen LogP contribution in [0.3, 0.4) is 0 Å². The lowest BCUT2D eigenvalue weighted by Gasteiger charge is -2.39. The maximum absolute atomic E-state index is 6.01. The van der Waals surface area contributed by atoms with Gasteiger partial charge in [0.2, 0.25) is 0 Å². The van der Waals surface area contributed by atoms with Gasteiger partial charge in [0, 0.05) is 17.2 Å². The van der Waals surface area contributed by atoms with Crippen LogP contribution >= 0.6 is 11.6 Å². The van der Waals surface area contributed by atoms with Crippen molar-refractivity contribution in [3.63, 3.8) is 0 Å². The summed E-state index contributed by atoms with van der Waals surface area (Å²) in [6.45, 7) is 13.6. The number of hydrogen-bond donors (Lipinski definition) is 1. The average molecular weight is 381 g/mol. The highest BCUT2D eigenvalue weighted by Gasteiger charge is 2.33. The van der Waals surface area contributed by atoms with Crippen molar-refractivity contribution in [1.82, 2.24) is 0 Å². The van der Waals surface area contributed by atoms with E-state index in [1.807, 2.05) is 12.1 Å². The topological polar surface area (TPSA) is 25.8 Å². The molecule has 1 aliphatic heterocycles. The van der Waals surface area contributed by atoms with Crippen molar-refractivity contribution in [2.45, 2.75) is 78.4 Å². The first-order valence-electron chi connectivity index (χ1n) is 10.5. The Balaban J connectivity index is 1.88. The van der Waals surface area contributed by atoms with Crippen molar-refractivity contribution in [3.8, 4) is 0 Å². The summed E-state index contributed by atoms with van der Waals surface area (Å²) in [4.78, 5) is 0. The van der Waals surface area contributed by atoms with Crippen LogP contribution in [0.1, 0.15) is 78.3 Å². The third kappa shape index (κ3) is 7.21. The number of hydrogen-bond acceptors (Lipinski definition) is 1. The van der Waals surface area contributed by atoms with Crippen molar-refractivity contribution in [3.05, 3.63) is 34.9 Å². The van der Waals surface area contributed by atoms with Gasteiger partial charge in [-0.15, -0.1) is 0 Å². The molecule has 3 atom stereocenters. The Labute approximate surface area is 166 Å². The van der Waals surface area contributed by atoms with Crippen LogP contribution in [-0.2, 0) is 4.74 Å². The first-order chi connectivity index (χ1) is 12.3. The summed E-state index contributed by atoms with van der Waals surface area (Å²) in [6, 6.07) is 8.79. The molecule has 0 amide bonds. The minimum atomic E-state index is 0.0549. The third-order valence-electron chi connectivity index (χ3n) is 5.97. The van der Waals surface area contributed by atoms with Crippen LogP contribution in [0.5, 0.6) is 0 Å². The maximum Gasteiger partial charge on any atom is 0.109 e. The molecule has 0 bridgehead atoms. The fourth-order valence-electron chi connectivity index (χ4n) is 4.31. The molecule has 1 saturated heterocycles. The fraction of sp³-hybridized carbons (Fsp3) is 0.739. The SMILES string of the molecule is CC(C)CC[C@@H](CC[NH2+][C@H](C)c1ccc(Cl)cc1)[C@@H]1CCOC(C)(C)C1. The molecule has 0 saturated carbocycles. The van der Waals surface area contributed by atoms with Crippen molar-refractivity contribution < 1.29 is 10.1 Å². The van der Waals surface area contributed by atoms with Gasteiger partial charge in [-0.2, -0.15) is 0 Å². The minimum absolute atomic E-state index is 0.0549. The molecule has 2 rings (SSSR count). The summed E-state index contributed by atoms with van der Waals surface area (Å²) in [5, 5.41) is 3.31. The number of nitrogens with two attached hydrogens (primary N) is 1. The molecule has 2 nitrogen and oxygen atoms in total. The molecule has 26 heavy (non-hydrogen) atoms. The van der Waals surface area contributed by atoms with Crippen LogP contribution in [0.15, 0.2) is 24.3 Å². The van der Waals surface area contributed by atoms with E-state index in [2.05, 4.69) is 52.1 Å². The summed E-state index contributed by atoms with van der Waals surface area (Å²) < 4.78 is 5.96. The standard InChI is InChI=1S/C23H38ClNO/c1-17(2)6-7-20(21-13-15-26-23(4,5)16-21)12-14-25-18(3)19-8-10-22(24)11-9-19/h8-11,17-18,20-21,25H,6-7,12-16H2,1-5H3/p+1/t18-,20+,21-/m1/s1. The first kappa shape index (κ1) is 21.7. The summed E-state index contributed by atoms with van der Waals surface area (Å²) >= 11 is 6.01. The zero-order valence-corrected chi connectivity index (χ0v) is 18.2. The molecule has 2 N–H and O–H groups in total. The predicted molar refractivity (Wildman–Crippen MR) is 112 cm³/mol. The lowest BCUT2D eigenvalue weighted by molar-refractivity contribution is -0.693. The monoisotopic (exact) mass is 380 g/mol. The van der Waals surface area contributed by atoms with Crippen LogP contribution in [0.4, 0.5) is 0 Å². The van der Waals surface area contributed by atoms with Crippen LogP contribution < -0.4 is 5.32 Å². The van der Waals surface area contributed by atoms with Gasteiger partial charge >= 0.3 is 0 Å². The van der Waals surface area contributed by atoms with Gasteiger partial charge in [0.15, 0.2) is 0 Å². The van der Waals surface area contributed by atoms with E-state index in [0.29, 0.717) is 6.04 Å². The Hall–Kier alpha value is -0.570. The summed E-state index contributed by atoms with van der Waals surface area (Å²) in [5.74, 6) is 2.44. The molecular weight excluding hydrogens is 342 g/mol. The van der Waals surface area contributed by atoms with E-state index in [0.717, 1.165) is 29.4 Å². The highest BCUT2D eigenvalue weighted by atomic mass is 35.5. The average Bonchev–Trinajstić information content (AvgIpc) is 2.57. The second-order valence-corrected chi connectivity index (χ2v) is 9.68. The Morgan fingerprint density at radius 3 is 2.42 bits per heavy atom. The van der Waals surface area contributed by atoms with E-state index in [9.17, 15) is 0 Å². The first-order valence-corrected chi connectivity index (χ1v) is 10.9. The van der Waals surface area contributed by atoms with E-state index in [1.165, 1.54) is 44.2 Å². The second-order valence-electron chi connectivity index (χ2n) is 9.25. The van der Waals surface area contributed by atoms with E-state index in [4.69, 9.17) is 16.3 Å². The van der Waals surface area contributed by atoms with E-state index >= 15 is 0 Å². The summed E-state index contributed by atoms with van der Waals surface area (Å²) in [6.07, 6.45) is 6.46. The molecule has 1 fully saturated rings. The Morgan fingerprint density at radius 1 is 1.12 bits per heavy atom.